The van der Waals surface area contributed by atoms with Crippen molar-refractivity contribution in [1.82, 2.24) is 10.6 Å². The fourth-order valence-electron chi connectivity index (χ4n) is 3.12. The molecule has 0 aromatic carbocycles. The second-order valence-electron chi connectivity index (χ2n) is 4.79. The minimum absolute atomic E-state index is 0.0283. The first kappa shape index (κ1) is 12.1. The summed E-state index contributed by atoms with van der Waals surface area (Å²) in [6, 6.07) is 0. The lowest BCUT2D eigenvalue weighted by atomic mass is 9.81. The number of carbonyl (C=O) groups excluding carboxylic acids is 2. The van der Waals surface area contributed by atoms with Crippen molar-refractivity contribution in [3.05, 3.63) is 12.2 Å². The van der Waals surface area contributed by atoms with Crippen molar-refractivity contribution in [3.63, 3.8) is 0 Å². The Labute approximate surface area is 102 Å². The highest BCUT2D eigenvalue weighted by Gasteiger charge is 2.51. The van der Waals surface area contributed by atoms with E-state index >= 15 is 0 Å². The molecular formula is C13H20N2O2. The van der Waals surface area contributed by atoms with E-state index in [2.05, 4.69) is 22.8 Å². The number of nitrogens with one attached hydrogen (secondary N) is 2. The van der Waals surface area contributed by atoms with Crippen LogP contribution in [0.2, 0.25) is 0 Å². The Morgan fingerprint density at radius 3 is 1.76 bits per heavy atom. The normalized spacial score (nSPS) is 33.8. The van der Waals surface area contributed by atoms with Crippen LogP contribution < -0.4 is 10.6 Å². The van der Waals surface area contributed by atoms with Gasteiger partial charge >= 0.3 is 0 Å². The van der Waals surface area contributed by atoms with Gasteiger partial charge in [-0.1, -0.05) is 12.2 Å². The molecule has 0 aromatic rings. The summed E-state index contributed by atoms with van der Waals surface area (Å²) in [6.07, 6.45) is 5.14. The number of carbonyl (C=O) groups is 2. The van der Waals surface area contributed by atoms with Gasteiger partial charge in [0.2, 0.25) is 11.8 Å². The van der Waals surface area contributed by atoms with E-state index in [0.29, 0.717) is 13.1 Å². The quantitative estimate of drug-likeness (QED) is 0.706. The van der Waals surface area contributed by atoms with Crippen LogP contribution in [0.1, 0.15) is 20.3 Å². The van der Waals surface area contributed by atoms with Gasteiger partial charge in [0.15, 0.2) is 0 Å². The minimum atomic E-state index is -0.170. The highest BCUT2D eigenvalue weighted by molar-refractivity contribution is 5.89. The van der Waals surface area contributed by atoms with Gasteiger partial charge in [0, 0.05) is 13.1 Å². The summed E-state index contributed by atoms with van der Waals surface area (Å²) in [4.78, 5) is 24.1. The largest absolute Gasteiger partial charge is 0.356 e. The number of rotatable bonds is 4. The molecule has 0 aromatic heterocycles. The zero-order valence-electron chi connectivity index (χ0n) is 10.4. The Kier molecular flexibility index (Phi) is 3.50. The Balaban J connectivity index is 2.14. The van der Waals surface area contributed by atoms with Crippen LogP contribution in [0.4, 0.5) is 0 Å². The lowest BCUT2D eigenvalue weighted by molar-refractivity contribution is -0.135. The van der Waals surface area contributed by atoms with E-state index in [1.807, 2.05) is 13.8 Å². The van der Waals surface area contributed by atoms with Crippen LogP contribution in [0.15, 0.2) is 12.2 Å². The molecule has 4 nitrogen and oxygen atoms in total. The van der Waals surface area contributed by atoms with E-state index in [1.165, 1.54) is 0 Å². The van der Waals surface area contributed by atoms with E-state index in [9.17, 15) is 9.59 Å². The maximum absolute atomic E-state index is 12.0. The van der Waals surface area contributed by atoms with Crippen molar-refractivity contribution in [2.75, 3.05) is 13.1 Å². The molecule has 2 amide bonds. The third-order valence-electron chi connectivity index (χ3n) is 3.77. The molecule has 4 heteroatoms. The molecule has 0 aliphatic heterocycles. The van der Waals surface area contributed by atoms with Crippen molar-refractivity contribution in [2.24, 2.45) is 23.7 Å². The standard InChI is InChI=1S/C13H20N2O2/c1-3-14-12(16)10-8-5-6-9(7-8)11(10)13(17)15-4-2/h5-6,8-11H,3-4,7H2,1-2H3,(H,14,16)(H,15,17)/t8-,9-,10-,11-/m0/s1. The van der Waals surface area contributed by atoms with Gasteiger partial charge < -0.3 is 10.6 Å². The monoisotopic (exact) mass is 236 g/mol. The maximum Gasteiger partial charge on any atom is 0.224 e. The Bertz CT molecular complexity index is 319. The van der Waals surface area contributed by atoms with Gasteiger partial charge in [-0.3, -0.25) is 9.59 Å². The highest BCUT2D eigenvalue weighted by atomic mass is 16.2. The van der Waals surface area contributed by atoms with Gasteiger partial charge in [0.25, 0.3) is 0 Å². The molecule has 94 valence electrons. The van der Waals surface area contributed by atoms with Gasteiger partial charge in [-0.25, -0.2) is 0 Å². The molecule has 0 radical (unpaired) electrons. The second-order valence-corrected chi connectivity index (χ2v) is 4.79. The van der Waals surface area contributed by atoms with Gasteiger partial charge in [0.05, 0.1) is 11.8 Å². The molecule has 2 aliphatic rings. The van der Waals surface area contributed by atoms with Gasteiger partial charge in [-0.2, -0.15) is 0 Å². The van der Waals surface area contributed by atoms with Crippen molar-refractivity contribution in [1.29, 1.82) is 0 Å². The summed E-state index contributed by atoms with van der Waals surface area (Å²) in [6.45, 7) is 5.06. The van der Waals surface area contributed by atoms with Crippen molar-refractivity contribution in [2.45, 2.75) is 20.3 Å². The summed E-state index contributed by atoms with van der Waals surface area (Å²) in [7, 11) is 0. The van der Waals surface area contributed by atoms with E-state index in [1.54, 1.807) is 0 Å². The molecule has 17 heavy (non-hydrogen) atoms. The van der Waals surface area contributed by atoms with Crippen LogP contribution in [-0.4, -0.2) is 24.9 Å². The number of allylic oxidation sites excluding steroid dienone is 2. The highest BCUT2D eigenvalue weighted by Crippen LogP contribution is 2.48. The molecule has 4 atom stereocenters. The number of amides is 2. The van der Waals surface area contributed by atoms with Crippen LogP contribution in [0, 0.1) is 23.7 Å². The van der Waals surface area contributed by atoms with Crippen LogP contribution in [-0.2, 0) is 9.59 Å². The van der Waals surface area contributed by atoms with E-state index in [4.69, 9.17) is 0 Å². The van der Waals surface area contributed by atoms with Gasteiger partial charge in [-0.15, -0.1) is 0 Å². The van der Waals surface area contributed by atoms with Crippen molar-refractivity contribution < 1.29 is 9.59 Å². The molecule has 2 aliphatic carbocycles. The van der Waals surface area contributed by atoms with Gasteiger partial charge in [-0.05, 0) is 32.1 Å². The molecule has 0 unspecified atom stereocenters. The molecule has 2 rings (SSSR count). The Morgan fingerprint density at radius 2 is 1.41 bits per heavy atom. The summed E-state index contributed by atoms with van der Waals surface area (Å²) >= 11 is 0. The van der Waals surface area contributed by atoms with Gasteiger partial charge in [0.1, 0.15) is 0 Å². The average Bonchev–Trinajstić information content (AvgIpc) is 2.89. The smallest absolute Gasteiger partial charge is 0.224 e. The lowest BCUT2D eigenvalue weighted by Gasteiger charge is -2.25. The number of hydrogen-bond donors (Lipinski definition) is 2. The van der Waals surface area contributed by atoms with E-state index in [0.717, 1.165) is 6.42 Å². The first-order chi connectivity index (χ1) is 8.19. The summed E-state index contributed by atoms with van der Waals surface area (Å²) in [5, 5.41) is 5.69. The summed E-state index contributed by atoms with van der Waals surface area (Å²) in [5.74, 6) is 0.215. The molecule has 2 bridgehead atoms. The molecular weight excluding hydrogens is 216 g/mol. The predicted molar refractivity (Wildman–Crippen MR) is 65.1 cm³/mol. The molecule has 0 spiro atoms. The van der Waals surface area contributed by atoms with E-state index in [-0.39, 0.29) is 35.5 Å². The fraction of sp³-hybridized carbons (Fsp3) is 0.692. The molecule has 0 saturated heterocycles. The summed E-state index contributed by atoms with van der Waals surface area (Å²) < 4.78 is 0. The van der Waals surface area contributed by atoms with Crippen LogP contribution in [0.25, 0.3) is 0 Å². The molecule has 0 heterocycles. The predicted octanol–water partition coefficient (Wildman–Crippen LogP) is 0.697. The third kappa shape index (κ3) is 2.08. The lowest BCUT2D eigenvalue weighted by Crippen LogP contribution is -2.44. The zero-order chi connectivity index (χ0) is 12.4. The first-order valence-corrected chi connectivity index (χ1v) is 6.42. The third-order valence-corrected chi connectivity index (χ3v) is 3.77. The zero-order valence-corrected chi connectivity index (χ0v) is 10.4. The first-order valence-electron chi connectivity index (χ1n) is 6.42. The SMILES string of the molecule is CCNC(=O)[C@@H]1[C@@H](C(=O)NCC)[C@H]2C=C[C@H]1C2. The number of fused-ring (bicyclic) bond motifs is 2. The second kappa shape index (κ2) is 4.90. The topological polar surface area (TPSA) is 58.2 Å². The van der Waals surface area contributed by atoms with E-state index < -0.39 is 0 Å². The number of hydrogen-bond acceptors (Lipinski definition) is 2. The van der Waals surface area contributed by atoms with Crippen molar-refractivity contribution in [3.8, 4) is 0 Å². The fourth-order valence-corrected chi connectivity index (χ4v) is 3.12. The molecule has 1 fully saturated rings. The molecule has 2 N–H and O–H groups in total. The van der Waals surface area contributed by atoms with Crippen LogP contribution in [0.3, 0.4) is 0 Å². The minimum Gasteiger partial charge on any atom is -0.356 e. The Hall–Kier alpha value is -1.32. The van der Waals surface area contributed by atoms with Crippen molar-refractivity contribution >= 4 is 11.8 Å². The Morgan fingerprint density at radius 1 is 1.00 bits per heavy atom. The molecule has 1 saturated carbocycles. The average molecular weight is 236 g/mol. The maximum atomic E-state index is 12.0. The van der Waals surface area contributed by atoms with Crippen LogP contribution in [0.5, 0.6) is 0 Å². The van der Waals surface area contributed by atoms with Crippen LogP contribution >= 0.6 is 0 Å². The summed E-state index contributed by atoms with van der Waals surface area (Å²) in [5.41, 5.74) is 0.